The number of thiophene rings is 2. The van der Waals surface area contributed by atoms with Crippen molar-refractivity contribution in [1.82, 2.24) is 9.13 Å². The maximum Gasteiger partial charge on any atom is 0.197 e. The third kappa shape index (κ3) is 6.37. The molecule has 3 aromatic carbocycles. The molecule has 0 aliphatic rings. The van der Waals surface area contributed by atoms with Crippen LogP contribution in [0.1, 0.15) is 65.2 Å². The summed E-state index contributed by atoms with van der Waals surface area (Å²) in [5, 5.41) is 2.81. The lowest BCUT2D eigenvalue weighted by molar-refractivity contribution is 0.600. The van der Waals surface area contributed by atoms with Crippen molar-refractivity contribution in [1.29, 1.82) is 0 Å². The van der Waals surface area contributed by atoms with Gasteiger partial charge in [-0.25, -0.2) is 0 Å². The molecule has 48 heavy (non-hydrogen) atoms. The van der Waals surface area contributed by atoms with E-state index >= 15 is 0 Å². The SMILES string of the molecule is CCCCCCn1c2ccc(-c3ccc(Br)s3)cc2c(=O)c2cc3c(cc21)c(=O)c1cc(-c2ccc(Br)s2)ccc1n3CCCCCC. The fraction of sp³-hybridized carbons (Fsp3) is 0.300. The summed E-state index contributed by atoms with van der Waals surface area (Å²) in [7, 11) is 0. The van der Waals surface area contributed by atoms with Gasteiger partial charge in [0.25, 0.3) is 0 Å². The van der Waals surface area contributed by atoms with Gasteiger partial charge in [-0.15, -0.1) is 22.7 Å². The molecule has 0 N–H and O–H groups in total. The number of benzene rings is 3. The van der Waals surface area contributed by atoms with Gasteiger partial charge in [0.15, 0.2) is 10.9 Å². The maximum atomic E-state index is 14.5. The quantitative estimate of drug-likeness (QED) is 0.0912. The summed E-state index contributed by atoms with van der Waals surface area (Å²) in [5.41, 5.74) is 5.66. The van der Waals surface area contributed by atoms with E-state index in [9.17, 15) is 9.59 Å². The number of unbranched alkanes of at least 4 members (excludes halogenated alkanes) is 6. The molecular formula is C40H38Br2N2O2S2. The van der Waals surface area contributed by atoms with E-state index in [2.05, 4.69) is 116 Å². The minimum absolute atomic E-state index is 0.0212. The second-order valence-electron chi connectivity index (χ2n) is 12.6. The van der Waals surface area contributed by atoms with Crippen LogP contribution in [0.4, 0.5) is 0 Å². The molecule has 0 fully saturated rings. The van der Waals surface area contributed by atoms with Gasteiger partial charge in [-0.2, -0.15) is 0 Å². The highest BCUT2D eigenvalue weighted by molar-refractivity contribution is 9.11. The molecule has 0 aliphatic heterocycles. The molecule has 0 aliphatic carbocycles. The Morgan fingerprint density at radius 1 is 0.500 bits per heavy atom. The maximum absolute atomic E-state index is 14.5. The minimum atomic E-state index is 0.0212. The van der Waals surface area contributed by atoms with Crippen molar-refractivity contribution in [2.24, 2.45) is 0 Å². The number of hydrogen-bond acceptors (Lipinski definition) is 4. The molecule has 7 aromatic rings. The highest BCUT2D eigenvalue weighted by Crippen LogP contribution is 2.36. The summed E-state index contributed by atoms with van der Waals surface area (Å²) in [4.78, 5) is 31.3. The first-order chi connectivity index (χ1) is 23.4. The van der Waals surface area contributed by atoms with Crippen molar-refractivity contribution < 1.29 is 0 Å². The predicted octanol–water partition coefficient (Wildman–Crippen LogP) is 12.8. The molecule has 0 saturated heterocycles. The second kappa shape index (κ2) is 14.4. The fourth-order valence-electron chi connectivity index (χ4n) is 6.96. The van der Waals surface area contributed by atoms with Crippen molar-refractivity contribution in [2.75, 3.05) is 0 Å². The Balaban J connectivity index is 1.51. The lowest BCUT2D eigenvalue weighted by atomic mass is 10.0. The van der Waals surface area contributed by atoms with Crippen LogP contribution in [0.25, 0.3) is 64.5 Å². The van der Waals surface area contributed by atoms with Gasteiger partial charge in [0.2, 0.25) is 0 Å². The monoisotopic (exact) mass is 800 g/mol. The van der Waals surface area contributed by atoms with Crippen molar-refractivity contribution in [2.45, 2.75) is 78.3 Å². The molecule has 7 rings (SSSR count). The van der Waals surface area contributed by atoms with Gasteiger partial charge in [0.1, 0.15) is 0 Å². The van der Waals surface area contributed by atoms with E-state index in [0.717, 1.165) is 113 Å². The van der Waals surface area contributed by atoms with Crippen LogP contribution in [0.3, 0.4) is 0 Å². The number of pyridine rings is 2. The summed E-state index contributed by atoms with van der Waals surface area (Å²) in [6.07, 6.45) is 8.93. The second-order valence-corrected chi connectivity index (χ2v) is 17.6. The van der Waals surface area contributed by atoms with Gasteiger partial charge in [-0.1, -0.05) is 64.5 Å². The highest BCUT2D eigenvalue weighted by atomic mass is 79.9. The van der Waals surface area contributed by atoms with Gasteiger partial charge in [-0.3, -0.25) is 9.59 Å². The zero-order chi connectivity index (χ0) is 33.4. The molecule has 4 aromatic heterocycles. The third-order valence-corrected chi connectivity index (χ3v) is 12.8. The van der Waals surface area contributed by atoms with E-state index in [-0.39, 0.29) is 10.9 Å². The predicted molar refractivity (Wildman–Crippen MR) is 215 cm³/mol. The Bertz CT molecular complexity index is 2250. The first-order valence-corrected chi connectivity index (χ1v) is 20.2. The van der Waals surface area contributed by atoms with Gasteiger partial charge in [-0.05, 0) is 116 Å². The van der Waals surface area contributed by atoms with E-state index in [1.54, 1.807) is 22.7 Å². The van der Waals surface area contributed by atoms with E-state index < -0.39 is 0 Å². The third-order valence-electron chi connectivity index (χ3n) is 9.43. The van der Waals surface area contributed by atoms with Crippen LogP contribution >= 0.6 is 54.5 Å². The number of hydrogen-bond donors (Lipinski definition) is 0. The average molecular weight is 803 g/mol. The Morgan fingerprint density at radius 3 is 1.29 bits per heavy atom. The molecule has 0 saturated carbocycles. The van der Waals surface area contributed by atoms with E-state index in [1.807, 2.05) is 12.1 Å². The smallest absolute Gasteiger partial charge is 0.197 e. The zero-order valence-electron chi connectivity index (χ0n) is 27.3. The molecule has 0 bridgehead atoms. The van der Waals surface area contributed by atoms with Crippen LogP contribution in [0, 0.1) is 0 Å². The number of nitrogens with zero attached hydrogens (tertiary/aromatic N) is 2. The normalized spacial score (nSPS) is 11.9. The van der Waals surface area contributed by atoms with E-state index in [1.165, 1.54) is 12.8 Å². The van der Waals surface area contributed by atoms with E-state index in [0.29, 0.717) is 10.8 Å². The van der Waals surface area contributed by atoms with Crippen molar-refractivity contribution in [3.05, 3.63) is 101 Å². The molecule has 0 radical (unpaired) electrons. The van der Waals surface area contributed by atoms with Gasteiger partial charge in [0, 0.05) is 44.4 Å². The lowest BCUT2D eigenvalue weighted by Gasteiger charge is -2.19. The Hall–Kier alpha value is -3.04. The lowest BCUT2D eigenvalue weighted by Crippen LogP contribution is -2.16. The van der Waals surface area contributed by atoms with Crippen LogP contribution in [0.15, 0.2) is 90.0 Å². The molecule has 4 heterocycles. The number of rotatable bonds is 12. The summed E-state index contributed by atoms with van der Waals surface area (Å²) >= 11 is 10.5. The largest absolute Gasteiger partial charge is 0.340 e. The molecule has 0 amide bonds. The van der Waals surface area contributed by atoms with Crippen LogP contribution in [-0.2, 0) is 13.1 Å². The molecule has 246 valence electrons. The van der Waals surface area contributed by atoms with Gasteiger partial charge in [0.05, 0.1) is 29.6 Å². The van der Waals surface area contributed by atoms with Crippen LogP contribution < -0.4 is 10.9 Å². The first kappa shape index (κ1) is 33.5. The molecule has 0 unspecified atom stereocenters. The summed E-state index contributed by atoms with van der Waals surface area (Å²) in [5.74, 6) is 0. The van der Waals surface area contributed by atoms with Crippen LogP contribution in [0.2, 0.25) is 0 Å². The molecular weight excluding hydrogens is 764 g/mol. The Labute approximate surface area is 305 Å². The number of aryl methyl sites for hydroxylation is 2. The highest BCUT2D eigenvalue weighted by Gasteiger charge is 2.18. The first-order valence-electron chi connectivity index (χ1n) is 17.0. The minimum Gasteiger partial charge on any atom is -0.340 e. The number of fused-ring (bicyclic) bond motifs is 4. The van der Waals surface area contributed by atoms with Crippen molar-refractivity contribution in [3.63, 3.8) is 0 Å². The molecule has 0 spiro atoms. The molecule has 0 atom stereocenters. The zero-order valence-corrected chi connectivity index (χ0v) is 32.1. The Morgan fingerprint density at radius 2 is 0.917 bits per heavy atom. The topological polar surface area (TPSA) is 44.0 Å². The molecule has 8 heteroatoms. The average Bonchev–Trinajstić information content (AvgIpc) is 3.74. The number of halogens is 2. The van der Waals surface area contributed by atoms with Crippen molar-refractivity contribution >= 4 is 98.1 Å². The van der Waals surface area contributed by atoms with Crippen LogP contribution in [-0.4, -0.2) is 9.13 Å². The van der Waals surface area contributed by atoms with E-state index in [4.69, 9.17) is 0 Å². The Kier molecular flexibility index (Phi) is 10.1. The summed E-state index contributed by atoms with van der Waals surface area (Å²) < 4.78 is 6.72. The van der Waals surface area contributed by atoms with Crippen LogP contribution in [0.5, 0.6) is 0 Å². The molecule has 4 nitrogen and oxygen atoms in total. The van der Waals surface area contributed by atoms with Gasteiger partial charge < -0.3 is 9.13 Å². The summed E-state index contributed by atoms with van der Waals surface area (Å²) in [6, 6.07) is 24.9. The van der Waals surface area contributed by atoms with Gasteiger partial charge >= 0.3 is 0 Å². The van der Waals surface area contributed by atoms with Crippen molar-refractivity contribution in [3.8, 4) is 20.9 Å². The fourth-order valence-corrected chi connectivity index (χ4v) is 9.73. The summed E-state index contributed by atoms with van der Waals surface area (Å²) in [6.45, 7) is 6.03. The number of aromatic nitrogens is 2. The standard InChI is InChI=1S/C40H38Br2N2O2S2/c1-3-5-7-9-19-43-31-13-11-25(35-15-17-37(41)47-35)21-27(31)39(45)29-24-34-30(23-33(29)43)40(46)28-22-26(36-16-18-38(42)48-36)12-14-32(28)44(34)20-10-8-6-4-2/h11-18,21-24H,3-10,19-20H2,1-2H3.